The van der Waals surface area contributed by atoms with Gasteiger partial charge in [0.1, 0.15) is 23.4 Å². The normalized spacial score (nSPS) is 16.9. The van der Waals surface area contributed by atoms with Gasteiger partial charge in [-0.25, -0.2) is 4.98 Å². The number of carbonyl (C=O) groups excluding carboxylic acids is 2. The van der Waals surface area contributed by atoms with E-state index < -0.39 is 6.10 Å². The number of carbonyl (C=O) groups is 2. The fourth-order valence-electron chi connectivity index (χ4n) is 4.60. The van der Waals surface area contributed by atoms with E-state index in [0.717, 1.165) is 52.4 Å². The van der Waals surface area contributed by atoms with Gasteiger partial charge in [0.25, 0.3) is 5.91 Å². The van der Waals surface area contributed by atoms with Gasteiger partial charge in [0.2, 0.25) is 5.91 Å². The number of thiophene rings is 1. The maximum atomic E-state index is 13.1. The Labute approximate surface area is 206 Å². The molecule has 2 aliphatic rings. The molecular weight excluding hydrogens is 468 g/mol. The topological polar surface area (TPSA) is 95.3 Å². The van der Waals surface area contributed by atoms with E-state index in [9.17, 15) is 14.9 Å². The van der Waals surface area contributed by atoms with Crippen LogP contribution in [0.2, 0.25) is 0 Å². The van der Waals surface area contributed by atoms with E-state index in [1.165, 1.54) is 21.1 Å². The fraction of sp³-hybridized carbons (Fsp3) is 0.360. The molecule has 2 amide bonds. The van der Waals surface area contributed by atoms with Crippen LogP contribution in [0, 0.1) is 25.2 Å². The third-order valence-electron chi connectivity index (χ3n) is 6.18. The third-order valence-corrected chi connectivity index (χ3v) is 8.28. The Kier molecular flexibility index (Phi) is 5.88. The van der Waals surface area contributed by atoms with Crippen molar-refractivity contribution in [1.82, 2.24) is 4.98 Å². The molecule has 0 fully saturated rings. The minimum absolute atomic E-state index is 0.161. The van der Waals surface area contributed by atoms with Crippen molar-refractivity contribution in [2.75, 3.05) is 16.8 Å². The Morgan fingerprint density at radius 2 is 2.09 bits per heavy atom. The maximum absolute atomic E-state index is 13.1. The number of ether oxygens (including phenoxy) is 1. The van der Waals surface area contributed by atoms with Gasteiger partial charge in [0.15, 0.2) is 6.10 Å². The number of anilines is 2. The summed E-state index contributed by atoms with van der Waals surface area (Å²) >= 11 is 3.10. The van der Waals surface area contributed by atoms with E-state index in [0.29, 0.717) is 22.0 Å². The molecule has 1 atom stereocenters. The number of nitrogens with one attached hydrogen (secondary N) is 1. The summed E-state index contributed by atoms with van der Waals surface area (Å²) in [6.07, 6.45) is 3.27. The summed E-state index contributed by atoms with van der Waals surface area (Å²) < 4.78 is 5.81. The van der Waals surface area contributed by atoms with Crippen LogP contribution < -0.4 is 15.0 Å². The van der Waals surface area contributed by atoms with Crippen LogP contribution in [0.25, 0.3) is 11.3 Å². The molecule has 1 aliphatic heterocycles. The molecule has 2 aromatic heterocycles. The molecule has 5 rings (SSSR count). The van der Waals surface area contributed by atoms with Gasteiger partial charge in [0.05, 0.1) is 22.0 Å². The van der Waals surface area contributed by atoms with Crippen molar-refractivity contribution in [2.45, 2.75) is 52.6 Å². The van der Waals surface area contributed by atoms with Gasteiger partial charge in [-0.3, -0.25) is 14.5 Å². The number of thiazole rings is 1. The third kappa shape index (κ3) is 3.97. The molecule has 7 nitrogen and oxygen atoms in total. The van der Waals surface area contributed by atoms with Crippen LogP contribution in [-0.2, 0) is 22.4 Å². The second kappa shape index (κ2) is 8.85. The first-order chi connectivity index (χ1) is 16.4. The van der Waals surface area contributed by atoms with Crippen LogP contribution in [0.3, 0.4) is 0 Å². The zero-order valence-electron chi connectivity index (χ0n) is 19.2. The van der Waals surface area contributed by atoms with Crippen molar-refractivity contribution in [3.63, 3.8) is 0 Å². The average Bonchev–Trinajstić information content (AvgIpc) is 3.34. The van der Waals surface area contributed by atoms with Gasteiger partial charge in [-0.15, -0.1) is 22.7 Å². The lowest BCUT2D eigenvalue weighted by atomic mass is 9.96. The van der Waals surface area contributed by atoms with Crippen LogP contribution >= 0.6 is 22.7 Å². The van der Waals surface area contributed by atoms with Crippen molar-refractivity contribution in [3.8, 4) is 23.1 Å². The maximum Gasteiger partial charge on any atom is 0.268 e. The predicted molar refractivity (Wildman–Crippen MR) is 134 cm³/mol. The molecule has 34 heavy (non-hydrogen) atoms. The van der Waals surface area contributed by atoms with E-state index in [1.807, 2.05) is 32.0 Å². The summed E-state index contributed by atoms with van der Waals surface area (Å²) in [5.74, 6) is -0.0656. The highest BCUT2D eigenvalue weighted by molar-refractivity contribution is 7.16. The SMILES string of the molecule is Cc1nc(-c2ccc3c(c2)N(CC(=O)Nc2sc4c(c2C#N)CCCC4)C(=O)C(C)O3)c(C)s1. The second-order valence-electron chi connectivity index (χ2n) is 8.58. The number of aromatic nitrogens is 1. The van der Waals surface area contributed by atoms with Gasteiger partial charge >= 0.3 is 0 Å². The molecular formula is C25H24N4O3S2. The summed E-state index contributed by atoms with van der Waals surface area (Å²) in [4.78, 5) is 34.5. The summed E-state index contributed by atoms with van der Waals surface area (Å²) in [6.45, 7) is 5.49. The van der Waals surface area contributed by atoms with Crippen LogP contribution in [0.15, 0.2) is 18.2 Å². The zero-order chi connectivity index (χ0) is 24.0. The number of hydrogen-bond acceptors (Lipinski definition) is 7. The number of rotatable bonds is 4. The Morgan fingerprint density at radius 3 is 2.82 bits per heavy atom. The summed E-state index contributed by atoms with van der Waals surface area (Å²) in [5.41, 5.74) is 3.91. The number of benzene rings is 1. The van der Waals surface area contributed by atoms with Crippen LogP contribution in [0.4, 0.5) is 10.7 Å². The van der Waals surface area contributed by atoms with Crippen molar-refractivity contribution in [3.05, 3.63) is 44.1 Å². The van der Waals surface area contributed by atoms with E-state index in [-0.39, 0.29) is 18.4 Å². The lowest BCUT2D eigenvalue weighted by molar-refractivity contribution is -0.127. The zero-order valence-corrected chi connectivity index (χ0v) is 20.9. The van der Waals surface area contributed by atoms with Gasteiger partial charge in [-0.05, 0) is 70.2 Å². The van der Waals surface area contributed by atoms with Crippen molar-refractivity contribution in [2.24, 2.45) is 0 Å². The number of aryl methyl sites for hydroxylation is 3. The molecule has 3 aromatic rings. The Morgan fingerprint density at radius 1 is 1.29 bits per heavy atom. The highest BCUT2D eigenvalue weighted by Gasteiger charge is 2.34. The molecule has 0 radical (unpaired) electrons. The first-order valence-electron chi connectivity index (χ1n) is 11.3. The number of nitrogens with zero attached hydrogens (tertiary/aromatic N) is 3. The Hall–Kier alpha value is -3.22. The van der Waals surface area contributed by atoms with Crippen LogP contribution in [0.1, 0.15) is 45.7 Å². The molecule has 1 aromatic carbocycles. The average molecular weight is 493 g/mol. The molecule has 9 heteroatoms. The fourth-order valence-corrected chi connectivity index (χ4v) is 6.69. The van der Waals surface area contributed by atoms with E-state index in [1.54, 1.807) is 18.3 Å². The monoisotopic (exact) mass is 492 g/mol. The summed E-state index contributed by atoms with van der Waals surface area (Å²) in [5, 5.41) is 14.1. The molecule has 0 saturated carbocycles. The Balaban J connectivity index is 1.44. The predicted octanol–water partition coefficient (Wildman–Crippen LogP) is 4.99. The van der Waals surface area contributed by atoms with E-state index >= 15 is 0 Å². The molecule has 0 saturated heterocycles. The summed E-state index contributed by atoms with van der Waals surface area (Å²) in [7, 11) is 0. The number of amides is 2. The molecule has 0 bridgehead atoms. The number of hydrogen-bond donors (Lipinski definition) is 1. The van der Waals surface area contributed by atoms with Crippen LogP contribution in [0.5, 0.6) is 5.75 Å². The Bertz CT molecular complexity index is 1350. The quantitative estimate of drug-likeness (QED) is 0.554. The molecule has 1 unspecified atom stereocenters. The molecule has 1 aliphatic carbocycles. The van der Waals surface area contributed by atoms with E-state index in [4.69, 9.17) is 4.74 Å². The highest BCUT2D eigenvalue weighted by Crippen LogP contribution is 2.40. The molecule has 1 N–H and O–H groups in total. The second-order valence-corrected chi connectivity index (χ2v) is 11.1. The molecule has 0 spiro atoms. The molecule has 174 valence electrons. The van der Waals surface area contributed by atoms with Crippen molar-refractivity contribution < 1.29 is 14.3 Å². The van der Waals surface area contributed by atoms with Gasteiger partial charge in [0, 0.05) is 15.3 Å². The van der Waals surface area contributed by atoms with Gasteiger partial charge in [-0.2, -0.15) is 5.26 Å². The van der Waals surface area contributed by atoms with Gasteiger partial charge < -0.3 is 10.1 Å². The standard InChI is InChI=1S/C25H24N4O3S2/c1-13-25(31)29(12-22(30)28-24-18(11-26)17-6-4-5-7-21(17)34-24)19-10-16(8-9-20(19)32-13)23-14(2)33-15(3)27-23/h8-10,13H,4-7,12H2,1-3H3,(H,28,30). The number of nitriles is 1. The lowest BCUT2D eigenvalue weighted by Crippen LogP contribution is -2.47. The van der Waals surface area contributed by atoms with Gasteiger partial charge in [-0.1, -0.05) is 0 Å². The smallest absolute Gasteiger partial charge is 0.268 e. The first kappa shape index (κ1) is 22.6. The van der Waals surface area contributed by atoms with E-state index in [2.05, 4.69) is 16.4 Å². The largest absolute Gasteiger partial charge is 0.479 e. The van der Waals surface area contributed by atoms with Crippen molar-refractivity contribution in [1.29, 1.82) is 5.26 Å². The highest BCUT2D eigenvalue weighted by atomic mass is 32.1. The lowest BCUT2D eigenvalue weighted by Gasteiger charge is -2.32. The minimum atomic E-state index is -0.696. The number of fused-ring (bicyclic) bond motifs is 2. The summed E-state index contributed by atoms with van der Waals surface area (Å²) in [6, 6.07) is 7.88. The molecule has 3 heterocycles. The van der Waals surface area contributed by atoms with Crippen molar-refractivity contribution >= 4 is 45.2 Å². The first-order valence-corrected chi connectivity index (χ1v) is 12.9. The minimum Gasteiger partial charge on any atom is -0.479 e. The van der Waals surface area contributed by atoms with Crippen LogP contribution in [-0.4, -0.2) is 29.4 Å².